The Bertz CT molecular complexity index is 851. The molecule has 1 aliphatic rings. The minimum absolute atomic E-state index is 0.0566. The second-order valence-electron chi connectivity index (χ2n) is 5.88. The van der Waals surface area contributed by atoms with Crippen LogP contribution < -0.4 is 10.2 Å². The average molecular weight is 350 g/mol. The van der Waals surface area contributed by atoms with Gasteiger partial charge in [0.1, 0.15) is 5.69 Å². The molecule has 2 amide bonds. The maximum absolute atomic E-state index is 12.4. The van der Waals surface area contributed by atoms with Gasteiger partial charge >= 0.3 is 0 Å². The van der Waals surface area contributed by atoms with Gasteiger partial charge in [-0.1, -0.05) is 0 Å². The van der Waals surface area contributed by atoms with Crippen molar-refractivity contribution in [1.29, 1.82) is 5.26 Å². The largest absolute Gasteiger partial charge is 0.339 e. The van der Waals surface area contributed by atoms with E-state index in [1.807, 2.05) is 11.0 Å². The van der Waals surface area contributed by atoms with Gasteiger partial charge in [0, 0.05) is 45.0 Å². The summed E-state index contributed by atoms with van der Waals surface area (Å²) in [6.45, 7) is 4.03. The number of piperazine rings is 1. The molecule has 0 unspecified atom stereocenters. The van der Waals surface area contributed by atoms with Gasteiger partial charge in [-0.05, 0) is 30.3 Å². The SMILES string of the molecule is CC(=O)N1CCN(c2nccc(C(=O)Nc3ccc(C#N)cc3)n2)CC1. The summed E-state index contributed by atoms with van der Waals surface area (Å²) < 4.78 is 0. The summed E-state index contributed by atoms with van der Waals surface area (Å²) in [7, 11) is 0. The topological polar surface area (TPSA) is 102 Å². The fourth-order valence-electron chi connectivity index (χ4n) is 2.67. The molecule has 1 aromatic carbocycles. The number of anilines is 2. The van der Waals surface area contributed by atoms with Crippen molar-refractivity contribution in [2.75, 3.05) is 36.4 Å². The molecule has 0 saturated carbocycles. The van der Waals surface area contributed by atoms with E-state index in [9.17, 15) is 9.59 Å². The summed E-state index contributed by atoms with van der Waals surface area (Å²) in [6, 6.07) is 10.2. The minimum Gasteiger partial charge on any atom is -0.339 e. The zero-order valence-corrected chi connectivity index (χ0v) is 14.3. The smallest absolute Gasteiger partial charge is 0.274 e. The van der Waals surface area contributed by atoms with Gasteiger partial charge in [-0.2, -0.15) is 5.26 Å². The second-order valence-corrected chi connectivity index (χ2v) is 5.88. The van der Waals surface area contributed by atoms with Crippen LogP contribution in [0.25, 0.3) is 0 Å². The minimum atomic E-state index is -0.347. The number of nitrogens with zero attached hydrogens (tertiary/aromatic N) is 5. The lowest BCUT2D eigenvalue weighted by Crippen LogP contribution is -2.48. The molecule has 2 aromatic rings. The summed E-state index contributed by atoms with van der Waals surface area (Å²) in [6.07, 6.45) is 1.55. The molecule has 8 nitrogen and oxygen atoms in total. The third-order valence-corrected chi connectivity index (χ3v) is 4.16. The number of hydrogen-bond acceptors (Lipinski definition) is 6. The van der Waals surface area contributed by atoms with Crippen molar-refractivity contribution in [1.82, 2.24) is 14.9 Å². The van der Waals surface area contributed by atoms with E-state index in [0.29, 0.717) is 43.4 Å². The first kappa shape index (κ1) is 17.4. The molecule has 26 heavy (non-hydrogen) atoms. The van der Waals surface area contributed by atoms with Crippen LogP contribution in [0.3, 0.4) is 0 Å². The average Bonchev–Trinajstić information content (AvgIpc) is 2.68. The Hall–Kier alpha value is -3.47. The van der Waals surface area contributed by atoms with E-state index < -0.39 is 0 Å². The van der Waals surface area contributed by atoms with Gasteiger partial charge in [0.05, 0.1) is 11.6 Å². The van der Waals surface area contributed by atoms with Crippen LogP contribution in [0.2, 0.25) is 0 Å². The van der Waals surface area contributed by atoms with Gasteiger partial charge in [-0.3, -0.25) is 9.59 Å². The summed E-state index contributed by atoms with van der Waals surface area (Å²) in [5.74, 6) is 0.183. The van der Waals surface area contributed by atoms with E-state index in [4.69, 9.17) is 5.26 Å². The predicted molar refractivity (Wildman–Crippen MR) is 95.6 cm³/mol. The van der Waals surface area contributed by atoms with Gasteiger partial charge in [-0.25, -0.2) is 9.97 Å². The number of carbonyl (C=O) groups excluding carboxylic acids is 2. The van der Waals surface area contributed by atoms with E-state index in [1.165, 1.54) is 0 Å². The molecule has 1 N–H and O–H groups in total. The first-order valence-electron chi connectivity index (χ1n) is 8.22. The van der Waals surface area contributed by atoms with E-state index >= 15 is 0 Å². The van der Waals surface area contributed by atoms with Gasteiger partial charge in [0.25, 0.3) is 5.91 Å². The standard InChI is InChI=1S/C18H18N6O2/c1-13(25)23-8-10-24(11-9-23)18-20-7-6-16(22-18)17(26)21-15-4-2-14(12-19)3-5-15/h2-7H,8-11H2,1H3,(H,21,26). The van der Waals surface area contributed by atoms with Crippen molar-refractivity contribution >= 4 is 23.5 Å². The zero-order valence-electron chi connectivity index (χ0n) is 14.3. The molecular formula is C18H18N6O2. The summed E-state index contributed by atoms with van der Waals surface area (Å²) in [5.41, 5.74) is 1.37. The molecular weight excluding hydrogens is 332 g/mol. The van der Waals surface area contributed by atoms with Gasteiger partial charge in [0.15, 0.2) is 0 Å². The Morgan fingerprint density at radius 3 is 2.42 bits per heavy atom. The molecule has 1 aliphatic heterocycles. The molecule has 0 spiro atoms. The molecule has 0 atom stereocenters. The second kappa shape index (κ2) is 7.61. The lowest BCUT2D eigenvalue weighted by molar-refractivity contribution is -0.129. The molecule has 0 aliphatic carbocycles. The van der Waals surface area contributed by atoms with E-state index in [2.05, 4.69) is 15.3 Å². The number of rotatable bonds is 3. The van der Waals surface area contributed by atoms with Gasteiger partial charge in [0.2, 0.25) is 11.9 Å². The maximum atomic E-state index is 12.4. The predicted octanol–water partition coefficient (Wildman–Crippen LogP) is 1.27. The molecule has 0 radical (unpaired) electrons. The van der Waals surface area contributed by atoms with E-state index in [0.717, 1.165) is 0 Å². The Kier molecular flexibility index (Phi) is 5.08. The van der Waals surface area contributed by atoms with Crippen LogP contribution in [0.4, 0.5) is 11.6 Å². The third kappa shape index (κ3) is 3.95. The Balaban J connectivity index is 1.67. The van der Waals surface area contributed by atoms with E-state index in [-0.39, 0.29) is 17.5 Å². The Labute approximate surface area is 151 Å². The maximum Gasteiger partial charge on any atom is 0.274 e. The van der Waals surface area contributed by atoms with Gasteiger partial charge < -0.3 is 15.1 Å². The van der Waals surface area contributed by atoms with Crippen molar-refractivity contribution in [3.8, 4) is 6.07 Å². The molecule has 1 aromatic heterocycles. The third-order valence-electron chi connectivity index (χ3n) is 4.16. The Morgan fingerprint density at radius 1 is 1.12 bits per heavy atom. The van der Waals surface area contributed by atoms with E-state index in [1.54, 1.807) is 48.4 Å². The van der Waals surface area contributed by atoms with Crippen molar-refractivity contribution in [3.05, 3.63) is 47.8 Å². The Morgan fingerprint density at radius 2 is 1.81 bits per heavy atom. The summed E-state index contributed by atoms with van der Waals surface area (Å²) in [5, 5.41) is 11.6. The number of nitrogens with one attached hydrogen (secondary N) is 1. The molecule has 1 fully saturated rings. The zero-order chi connectivity index (χ0) is 18.5. The van der Waals surface area contributed by atoms with Crippen LogP contribution in [-0.4, -0.2) is 52.9 Å². The lowest BCUT2D eigenvalue weighted by atomic mass is 10.2. The number of nitriles is 1. The van der Waals surface area contributed by atoms with Crippen molar-refractivity contribution in [3.63, 3.8) is 0 Å². The molecule has 8 heteroatoms. The number of aromatic nitrogens is 2. The molecule has 2 heterocycles. The number of benzene rings is 1. The van der Waals surface area contributed by atoms with Crippen LogP contribution in [-0.2, 0) is 4.79 Å². The number of amides is 2. The molecule has 0 bridgehead atoms. The quantitative estimate of drug-likeness (QED) is 0.894. The van der Waals surface area contributed by atoms with Crippen LogP contribution in [0, 0.1) is 11.3 Å². The number of hydrogen-bond donors (Lipinski definition) is 1. The van der Waals surface area contributed by atoms with Crippen molar-refractivity contribution < 1.29 is 9.59 Å². The highest BCUT2D eigenvalue weighted by atomic mass is 16.2. The van der Waals surface area contributed by atoms with Crippen molar-refractivity contribution in [2.45, 2.75) is 6.92 Å². The highest BCUT2D eigenvalue weighted by Crippen LogP contribution is 2.14. The first-order chi connectivity index (χ1) is 12.6. The monoisotopic (exact) mass is 350 g/mol. The highest BCUT2D eigenvalue weighted by Gasteiger charge is 2.21. The fourth-order valence-corrected chi connectivity index (χ4v) is 2.67. The van der Waals surface area contributed by atoms with Crippen molar-refractivity contribution in [2.24, 2.45) is 0 Å². The summed E-state index contributed by atoms with van der Waals surface area (Å²) >= 11 is 0. The molecule has 3 rings (SSSR count). The van der Waals surface area contributed by atoms with Gasteiger partial charge in [-0.15, -0.1) is 0 Å². The van der Waals surface area contributed by atoms with Crippen LogP contribution in [0.15, 0.2) is 36.5 Å². The van der Waals surface area contributed by atoms with Crippen LogP contribution in [0.5, 0.6) is 0 Å². The normalized spacial score (nSPS) is 13.8. The first-order valence-corrected chi connectivity index (χ1v) is 8.22. The molecule has 1 saturated heterocycles. The summed E-state index contributed by atoms with van der Waals surface area (Å²) in [4.78, 5) is 36.1. The van der Waals surface area contributed by atoms with Crippen LogP contribution >= 0.6 is 0 Å². The fraction of sp³-hybridized carbons (Fsp3) is 0.278. The lowest BCUT2D eigenvalue weighted by Gasteiger charge is -2.34. The van der Waals surface area contributed by atoms with Crippen LogP contribution in [0.1, 0.15) is 23.0 Å². The molecule has 132 valence electrons. The highest BCUT2D eigenvalue weighted by molar-refractivity contribution is 6.03. The number of carbonyl (C=O) groups is 2.